The van der Waals surface area contributed by atoms with E-state index >= 15 is 0 Å². The van der Waals surface area contributed by atoms with Crippen LogP contribution in [0, 0.1) is 0 Å². The van der Waals surface area contributed by atoms with Gasteiger partial charge in [-0.25, -0.2) is 0 Å². The van der Waals surface area contributed by atoms with Gasteiger partial charge in [0.05, 0.1) is 16.8 Å². The molecule has 142 valence electrons. The summed E-state index contributed by atoms with van der Waals surface area (Å²) in [4.78, 5) is 26.0. The quantitative estimate of drug-likeness (QED) is 0.373. The zero-order chi connectivity index (χ0) is 19.5. The van der Waals surface area contributed by atoms with E-state index in [9.17, 15) is 14.7 Å². The van der Waals surface area contributed by atoms with Crippen LogP contribution in [0.2, 0.25) is 0 Å². The van der Waals surface area contributed by atoms with Crippen molar-refractivity contribution in [2.75, 3.05) is 12.3 Å². The second kappa shape index (κ2) is 7.81. The molecule has 8 nitrogen and oxygen atoms in total. The van der Waals surface area contributed by atoms with Crippen LogP contribution in [0.4, 0.5) is 0 Å². The molecule has 0 unspecified atom stereocenters. The Morgan fingerprint density at radius 2 is 1.61 bits per heavy atom. The van der Waals surface area contributed by atoms with E-state index in [0.29, 0.717) is 29.2 Å². The minimum absolute atomic E-state index is 0.180. The fourth-order valence-corrected chi connectivity index (χ4v) is 3.89. The Kier molecular flexibility index (Phi) is 5.07. The summed E-state index contributed by atoms with van der Waals surface area (Å²) in [6.07, 6.45) is 1.51. The monoisotopic (exact) mass is 395 g/mol. The number of carbonyl (C=O) groups excluding carboxylic acids is 2. The summed E-state index contributed by atoms with van der Waals surface area (Å²) in [5.41, 5.74) is 1.72. The third-order valence-corrected chi connectivity index (χ3v) is 5.43. The molecule has 0 saturated carbocycles. The van der Waals surface area contributed by atoms with Gasteiger partial charge < -0.3 is 5.11 Å². The Morgan fingerprint density at radius 1 is 0.929 bits per heavy atom. The molecule has 1 aromatic heterocycles. The van der Waals surface area contributed by atoms with Gasteiger partial charge in [-0.1, -0.05) is 23.9 Å². The number of unbranched alkanes of at least 4 members (excludes halogenated alkanes) is 1. The number of nitrogens with zero attached hydrogens (tertiary/aromatic N) is 5. The number of fused-ring (bicyclic) bond motifs is 1. The summed E-state index contributed by atoms with van der Waals surface area (Å²) in [5, 5.41) is 21.7. The lowest BCUT2D eigenvalue weighted by molar-refractivity contribution is 0.0652. The molecular formula is C19H17N5O3S. The number of hydrogen-bond donors (Lipinski definition) is 1. The van der Waals surface area contributed by atoms with Crippen LogP contribution >= 0.6 is 11.8 Å². The number of tetrazole rings is 1. The number of carbonyl (C=O) groups is 2. The third-order valence-electron chi connectivity index (χ3n) is 4.42. The largest absolute Gasteiger partial charge is 0.508 e. The Morgan fingerprint density at radius 3 is 2.29 bits per heavy atom. The normalized spacial score (nSPS) is 13.2. The molecule has 1 N–H and O–H groups in total. The molecule has 2 aromatic carbocycles. The van der Waals surface area contributed by atoms with Crippen molar-refractivity contribution in [1.82, 2.24) is 25.1 Å². The van der Waals surface area contributed by atoms with E-state index in [1.165, 1.54) is 16.7 Å². The molecule has 0 aliphatic carbocycles. The van der Waals surface area contributed by atoms with Gasteiger partial charge in [-0.05, 0) is 59.7 Å². The number of imide groups is 1. The van der Waals surface area contributed by atoms with E-state index < -0.39 is 0 Å². The van der Waals surface area contributed by atoms with E-state index in [1.54, 1.807) is 53.2 Å². The highest BCUT2D eigenvalue weighted by atomic mass is 32.2. The van der Waals surface area contributed by atoms with Crippen LogP contribution < -0.4 is 0 Å². The first-order valence-electron chi connectivity index (χ1n) is 8.81. The van der Waals surface area contributed by atoms with Gasteiger partial charge in [0.1, 0.15) is 5.75 Å². The van der Waals surface area contributed by atoms with Crippen molar-refractivity contribution in [1.29, 1.82) is 0 Å². The fourth-order valence-electron chi connectivity index (χ4n) is 3.00. The van der Waals surface area contributed by atoms with Crippen LogP contribution in [-0.2, 0) is 0 Å². The minimum Gasteiger partial charge on any atom is -0.508 e. The van der Waals surface area contributed by atoms with Gasteiger partial charge in [-0.15, -0.1) is 5.10 Å². The third kappa shape index (κ3) is 3.48. The average molecular weight is 395 g/mol. The highest BCUT2D eigenvalue weighted by molar-refractivity contribution is 7.99. The van der Waals surface area contributed by atoms with Crippen LogP contribution in [0.25, 0.3) is 5.69 Å². The number of aromatic nitrogens is 4. The maximum absolute atomic E-state index is 12.3. The number of rotatable bonds is 7. The van der Waals surface area contributed by atoms with E-state index in [1.807, 2.05) is 0 Å². The predicted molar refractivity (Wildman–Crippen MR) is 103 cm³/mol. The lowest BCUT2D eigenvalue weighted by Gasteiger charge is -2.13. The van der Waals surface area contributed by atoms with Crippen LogP contribution in [-0.4, -0.2) is 54.3 Å². The SMILES string of the molecule is O=C1c2ccccc2C(=O)N1CCCCSc1nnnn1-c1ccc(O)cc1. The van der Waals surface area contributed by atoms with Crippen LogP contribution in [0.3, 0.4) is 0 Å². The van der Waals surface area contributed by atoms with Crippen molar-refractivity contribution < 1.29 is 14.7 Å². The Bertz CT molecular complexity index is 983. The average Bonchev–Trinajstić information content (AvgIpc) is 3.27. The summed E-state index contributed by atoms with van der Waals surface area (Å²) in [5.74, 6) is 0.495. The summed E-state index contributed by atoms with van der Waals surface area (Å²) < 4.78 is 1.61. The molecule has 2 amide bonds. The Hall–Kier alpha value is -3.20. The number of amides is 2. The smallest absolute Gasteiger partial charge is 0.261 e. The van der Waals surface area contributed by atoms with Crippen molar-refractivity contribution in [3.8, 4) is 11.4 Å². The minimum atomic E-state index is -0.218. The topological polar surface area (TPSA) is 101 Å². The molecule has 0 bridgehead atoms. The number of hydrogen-bond acceptors (Lipinski definition) is 7. The van der Waals surface area contributed by atoms with E-state index in [0.717, 1.165) is 17.9 Å². The van der Waals surface area contributed by atoms with Crippen LogP contribution in [0.5, 0.6) is 5.75 Å². The lowest BCUT2D eigenvalue weighted by atomic mass is 10.1. The maximum atomic E-state index is 12.3. The van der Waals surface area contributed by atoms with Gasteiger partial charge in [0.15, 0.2) is 0 Å². The number of benzene rings is 2. The number of phenols is 1. The first-order chi connectivity index (χ1) is 13.6. The van der Waals surface area contributed by atoms with Crippen LogP contribution in [0.1, 0.15) is 33.6 Å². The second-order valence-corrected chi connectivity index (χ2v) is 7.31. The summed E-state index contributed by atoms with van der Waals surface area (Å²) in [7, 11) is 0. The van der Waals surface area contributed by atoms with Crippen molar-refractivity contribution >= 4 is 23.6 Å². The molecule has 0 spiro atoms. The molecule has 0 saturated heterocycles. The van der Waals surface area contributed by atoms with Gasteiger partial charge >= 0.3 is 0 Å². The first-order valence-corrected chi connectivity index (χ1v) is 9.79. The Labute approximate surface area is 165 Å². The molecular weight excluding hydrogens is 378 g/mol. The molecule has 28 heavy (non-hydrogen) atoms. The molecule has 4 rings (SSSR count). The van der Waals surface area contributed by atoms with Crippen molar-refractivity contribution in [2.45, 2.75) is 18.0 Å². The van der Waals surface area contributed by atoms with Gasteiger partial charge in [0.2, 0.25) is 5.16 Å². The van der Waals surface area contributed by atoms with Gasteiger partial charge in [-0.2, -0.15) is 4.68 Å². The number of phenolic OH excluding ortho intramolecular Hbond substituents is 1. The van der Waals surface area contributed by atoms with Crippen molar-refractivity contribution in [3.05, 3.63) is 59.7 Å². The lowest BCUT2D eigenvalue weighted by Crippen LogP contribution is -2.30. The standard InChI is InChI=1S/C19H17N5O3S/c25-14-9-7-13(8-10-14)24-19(20-21-22-24)28-12-4-3-11-23-17(26)15-5-1-2-6-16(15)18(23)27/h1-2,5-10,25H,3-4,11-12H2. The number of thioether (sulfide) groups is 1. The molecule has 2 heterocycles. The summed E-state index contributed by atoms with van der Waals surface area (Å²) >= 11 is 1.50. The first kappa shape index (κ1) is 18.2. The van der Waals surface area contributed by atoms with E-state index in [2.05, 4.69) is 15.5 Å². The maximum Gasteiger partial charge on any atom is 0.261 e. The van der Waals surface area contributed by atoms with Gasteiger partial charge in [0, 0.05) is 12.3 Å². The summed E-state index contributed by atoms with van der Waals surface area (Å²) in [6.45, 7) is 0.399. The molecule has 1 aliphatic rings. The highest BCUT2D eigenvalue weighted by Gasteiger charge is 2.34. The van der Waals surface area contributed by atoms with E-state index in [-0.39, 0.29) is 17.6 Å². The van der Waals surface area contributed by atoms with Crippen LogP contribution in [0.15, 0.2) is 53.7 Å². The van der Waals surface area contributed by atoms with Gasteiger partial charge in [-0.3, -0.25) is 14.5 Å². The second-order valence-electron chi connectivity index (χ2n) is 6.25. The van der Waals surface area contributed by atoms with Crippen molar-refractivity contribution in [3.63, 3.8) is 0 Å². The molecule has 0 atom stereocenters. The zero-order valence-electron chi connectivity index (χ0n) is 14.9. The zero-order valence-corrected chi connectivity index (χ0v) is 15.7. The molecule has 1 aliphatic heterocycles. The highest BCUT2D eigenvalue weighted by Crippen LogP contribution is 2.24. The molecule has 9 heteroatoms. The van der Waals surface area contributed by atoms with Gasteiger partial charge in [0.25, 0.3) is 11.8 Å². The fraction of sp³-hybridized carbons (Fsp3) is 0.211. The molecule has 0 radical (unpaired) electrons. The van der Waals surface area contributed by atoms with E-state index in [4.69, 9.17) is 0 Å². The van der Waals surface area contributed by atoms with Crippen molar-refractivity contribution in [2.24, 2.45) is 0 Å². The number of aromatic hydroxyl groups is 1. The summed E-state index contributed by atoms with van der Waals surface area (Å²) in [6, 6.07) is 13.5. The Balaban J connectivity index is 1.29. The molecule has 0 fully saturated rings. The molecule has 3 aromatic rings. The predicted octanol–water partition coefficient (Wildman–Crippen LogP) is 2.54.